The summed E-state index contributed by atoms with van der Waals surface area (Å²) in [6.07, 6.45) is 1.99. The number of nitrogens with one attached hydrogen (secondary N) is 2. The number of aromatic amines is 2. The molecule has 7 rings (SSSR count). The first kappa shape index (κ1) is 23.2. The van der Waals surface area contributed by atoms with Crippen molar-refractivity contribution in [3.63, 3.8) is 0 Å². The molecule has 2 aliphatic rings. The van der Waals surface area contributed by atoms with Gasteiger partial charge in [-0.25, -0.2) is 9.97 Å². The van der Waals surface area contributed by atoms with Crippen LogP contribution in [0.3, 0.4) is 0 Å². The van der Waals surface area contributed by atoms with E-state index in [0.29, 0.717) is 53.3 Å². The fourth-order valence-electron chi connectivity index (χ4n) is 4.89. The molecule has 0 atom stereocenters. The number of nitrogens with zero attached hydrogens (tertiary/aromatic N) is 5. The Kier molecular flexibility index (Phi) is 5.45. The van der Waals surface area contributed by atoms with Gasteiger partial charge in [0, 0.05) is 56.8 Å². The SMILES string of the molecule is Cc1cc2ccc1-c1nccc3[nH]c(=O)c(cc13)-c1nc3c(nc(Cl)cc3[nH]1)N(C)CCC(=O)N(C)C2. The first-order chi connectivity index (χ1) is 17.8. The normalized spacial score (nSPS) is 14.2. The molecule has 0 aliphatic carbocycles. The lowest BCUT2D eigenvalue weighted by Gasteiger charge is -2.22. The van der Waals surface area contributed by atoms with Crippen LogP contribution in [0.1, 0.15) is 17.5 Å². The number of aromatic nitrogens is 5. The van der Waals surface area contributed by atoms with Gasteiger partial charge in [-0.1, -0.05) is 29.8 Å². The molecule has 6 bridgehead atoms. The van der Waals surface area contributed by atoms with Crippen LogP contribution >= 0.6 is 11.6 Å². The molecule has 0 saturated heterocycles. The number of benzene rings is 1. The fourth-order valence-corrected chi connectivity index (χ4v) is 5.08. The van der Waals surface area contributed by atoms with Gasteiger partial charge in [0.2, 0.25) is 5.91 Å². The van der Waals surface area contributed by atoms with Gasteiger partial charge in [0.15, 0.2) is 5.82 Å². The van der Waals surface area contributed by atoms with Gasteiger partial charge in [-0.05, 0) is 30.2 Å². The van der Waals surface area contributed by atoms with Crippen LogP contribution in [0.25, 0.3) is 44.6 Å². The van der Waals surface area contributed by atoms with E-state index < -0.39 is 0 Å². The van der Waals surface area contributed by atoms with Gasteiger partial charge < -0.3 is 19.8 Å². The first-order valence-corrected chi connectivity index (χ1v) is 12.3. The van der Waals surface area contributed by atoms with Crippen molar-refractivity contribution >= 4 is 45.3 Å². The molecular formula is C27H24ClN7O2. The molecule has 0 unspecified atom stereocenters. The van der Waals surface area contributed by atoms with E-state index in [-0.39, 0.29) is 16.6 Å². The Balaban J connectivity index is 1.64. The van der Waals surface area contributed by atoms with Crippen molar-refractivity contribution in [1.29, 1.82) is 0 Å². The van der Waals surface area contributed by atoms with Gasteiger partial charge in [0.25, 0.3) is 5.56 Å². The predicted molar refractivity (Wildman–Crippen MR) is 145 cm³/mol. The molecule has 10 heteroatoms. The summed E-state index contributed by atoms with van der Waals surface area (Å²) >= 11 is 6.33. The lowest BCUT2D eigenvalue weighted by atomic mass is 9.98. The second-order valence-corrected chi connectivity index (χ2v) is 9.84. The Morgan fingerprint density at radius 3 is 2.59 bits per heavy atom. The van der Waals surface area contributed by atoms with E-state index in [1.165, 1.54) is 0 Å². The molecule has 0 spiro atoms. The van der Waals surface area contributed by atoms with Crippen LogP contribution in [0.4, 0.5) is 5.82 Å². The van der Waals surface area contributed by atoms with Crippen molar-refractivity contribution in [2.75, 3.05) is 25.5 Å². The highest BCUT2D eigenvalue weighted by atomic mass is 35.5. The second-order valence-electron chi connectivity index (χ2n) is 9.45. The van der Waals surface area contributed by atoms with Crippen LogP contribution in [0.15, 0.2) is 47.4 Å². The number of carbonyl (C=O) groups is 1. The Hall–Kier alpha value is -4.24. The van der Waals surface area contributed by atoms with Gasteiger partial charge in [-0.3, -0.25) is 14.6 Å². The number of carbonyl (C=O) groups excluding carboxylic acids is 1. The number of H-pyrrole nitrogens is 2. The molecule has 37 heavy (non-hydrogen) atoms. The Bertz CT molecular complexity index is 1770. The van der Waals surface area contributed by atoms with E-state index in [1.54, 1.807) is 23.2 Å². The summed E-state index contributed by atoms with van der Waals surface area (Å²) in [6.45, 7) is 2.95. The molecule has 4 aromatic heterocycles. The van der Waals surface area contributed by atoms with Crippen molar-refractivity contribution in [3.05, 3.63) is 69.2 Å². The summed E-state index contributed by atoms with van der Waals surface area (Å²) in [6, 6.07) is 11.4. The molecular weight excluding hydrogens is 490 g/mol. The van der Waals surface area contributed by atoms with E-state index in [9.17, 15) is 9.59 Å². The quantitative estimate of drug-likeness (QED) is 0.299. The average molecular weight is 514 g/mol. The van der Waals surface area contributed by atoms with Crippen molar-refractivity contribution in [1.82, 2.24) is 29.8 Å². The predicted octanol–water partition coefficient (Wildman–Crippen LogP) is 4.29. The number of amides is 1. The van der Waals surface area contributed by atoms with Crippen molar-refractivity contribution in [2.45, 2.75) is 19.9 Å². The smallest absolute Gasteiger partial charge is 0.259 e. The maximum Gasteiger partial charge on any atom is 0.259 e. The summed E-state index contributed by atoms with van der Waals surface area (Å²) in [7, 11) is 3.66. The lowest BCUT2D eigenvalue weighted by Crippen LogP contribution is -2.30. The third-order valence-corrected chi connectivity index (χ3v) is 7.05. The highest BCUT2D eigenvalue weighted by Crippen LogP contribution is 2.32. The zero-order valence-electron chi connectivity index (χ0n) is 20.6. The number of pyridine rings is 3. The summed E-state index contributed by atoms with van der Waals surface area (Å²) in [4.78, 5) is 49.8. The lowest BCUT2D eigenvalue weighted by molar-refractivity contribution is -0.130. The molecule has 2 aliphatic heterocycles. The minimum absolute atomic E-state index is 0.0173. The highest BCUT2D eigenvalue weighted by Gasteiger charge is 2.20. The number of anilines is 1. The molecule has 0 radical (unpaired) electrons. The maximum atomic E-state index is 13.1. The number of hydrogen-bond acceptors (Lipinski definition) is 6. The molecule has 1 amide bonds. The summed E-state index contributed by atoms with van der Waals surface area (Å²) in [5, 5.41) is 1.09. The fraction of sp³-hybridized carbons (Fsp3) is 0.222. The summed E-state index contributed by atoms with van der Waals surface area (Å²) in [5.74, 6) is 0.950. The van der Waals surface area contributed by atoms with Crippen molar-refractivity contribution < 1.29 is 4.79 Å². The molecule has 1 aromatic carbocycles. The molecule has 0 saturated carbocycles. The maximum absolute atomic E-state index is 13.1. The largest absolute Gasteiger partial charge is 0.357 e. The van der Waals surface area contributed by atoms with Gasteiger partial charge in [0.05, 0.1) is 22.3 Å². The standard InChI is InChI=1S/C27H24ClN7O2/c1-14-10-15-4-5-16(14)23-17-11-18(27(37)31-19(17)6-8-29-23)25-30-20-12-21(28)32-26(24(20)33-25)34(2)9-7-22(36)35(3)13-15/h4-6,8,10-12H,7,9,13H2,1-3H3,(H,30,33)(H,31,37). The Morgan fingerprint density at radius 2 is 1.78 bits per heavy atom. The van der Waals surface area contributed by atoms with Crippen LogP contribution < -0.4 is 10.5 Å². The Morgan fingerprint density at radius 1 is 0.946 bits per heavy atom. The van der Waals surface area contributed by atoms with Crippen molar-refractivity contribution in [3.8, 4) is 22.6 Å². The minimum atomic E-state index is -0.271. The van der Waals surface area contributed by atoms with Gasteiger partial charge in [-0.15, -0.1) is 0 Å². The van der Waals surface area contributed by atoms with Crippen LogP contribution in [-0.2, 0) is 11.3 Å². The molecule has 5 aromatic rings. The number of fused-ring (bicyclic) bond motifs is 7. The molecule has 0 fully saturated rings. The van der Waals surface area contributed by atoms with E-state index in [0.717, 1.165) is 27.8 Å². The minimum Gasteiger partial charge on any atom is -0.357 e. The summed E-state index contributed by atoms with van der Waals surface area (Å²) in [5.41, 5.74) is 5.78. The number of hydrogen-bond donors (Lipinski definition) is 2. The monoisotopic (exact) mass is 513 g/mol. The van der Waals surface area contributed by atoms with Crippen molar-refractivity contribution in [2.24, 2.45) is 0 Å². The van der Waals surface area contributed by atoms with Gasteiger partial charge in [0.1, 0.15) is 16.5 Å². The molecule has 2 N–H and O–H groups in total. The number of rotatable bonds is 0. The number of imidazole rings is 1. The third-order valence-electron chi connectivity index (χ3n) is 6.86. The molecule has 6 heterocycles. The van der Waals surface area contributed by atoms with Crippen LogP contribution in [-0.4, -0.2) is 56.4 Å². The van der Waals surface area contributed by atoms with Gasteiger partial charge >= 0.3 is 0 Å². The molecule has 9 nitrogen and oxygen atoms in total. The molecule has 186 valence electrons. The van der Waals surface area contributed by atoms with Crippen LogP contribution in [0, 0.1) is 6.92 Å². The Labute approximate surface area is 217 Å². The topological polar surface area (TPSA) is 111 Å². The number of aryl methyl sites for hydroxylation is 1. The summed E-state index contributed by atoms with van der Waals surface area (Å²) < 4.78 is 0. The van der Waals surface area contributed by atoms with E-state index >= 15 is 0 Å². The highest BCUT2D eigenvalue weighted by molar-refractivity contribution is 6.30. The van der Waals surface area contributed by atoms with E-state index in [1.807, 2.05) is 44.1 Å². The zero-order valence-corrected chi connectivity index (χ0v) is 21.3. The second kappa shape index (κ2) is 8.70. The third kappa shape index (κ3) is 4.01. The average Bonchev–Trinajstić information content (AvgIpc) is 3.29. The first-order valence-electron chi connectivity index (χ1n) is 11.9. The van der Waals surface area contributed by atoms with Crippen LogP contribution in [0.5, 0.6) is 0 Å². The zero-order chi connectivity index (χ0) is 25.8. The van der Waals surface area contributed by atoms with E-state index in [2.05, 4.69) is 26.0 Å². The van der Waals surface area contributed by atoms with E-state index in [4.69, 9.17) is 16.6 Å². The van der Waals surface area contributed by atoms with Gasteiger partial charge in [-0.2, -0.15) is 0 Å². The number of halogens is 1. The van der Waals surface area contributed by atoms with Crippen LogP contribution in [0.2, 0.25) is 5.15 Å².